The molecule has 1 aliphatic rings. The van der Waals surface area contributed by atoms with Crippen LogP contribution in [0.5, 0.6) is 0 Å². The monoisotopic (exact) mass is 304 g/mol. The second-order valence-electron chi connectivity index (χ2n) is 5.64. The van der Waals surface area contributed by atoms with Crippen molar-refractivity contribution in [3.8, 4) is 0 Å². The first-order valence-electron chi connectivity index (χ1n) is 7.64. The molecule has 0 bridgehead atoms. The molecule has 1 N–H and O–H groups in total. The molecule has 2 unspecified atom stereocenters. The van der Waals surface area contributed by atoms with Crippen LogP contribution in [-0.2, 0) is 16.1 Å². The zero-order valence-electron chi connectivity index (χ0n) is 12.6. The predicted molar refractivity (Wildman–Crippen MR) is 81.7 cm³/mol. The number of hydrogen-bond donors (Lipinski definition) is 1. The lowest BCUT2D eigenvalue weighted by Crippen LogP contribution is -2.41. The van der Waals surface area contributed by atoms with E-state index in [1.807, 2.05) is 25.1 Å². The fourth-order valence-electron chi connectivity index (χ4n) is 2.86. The number of benzene rings is 1. The Labute approximate surface area is 128 Å². The maximum atomic E-state index is 12.0. The first kappa shape index (κ1) is 14.8. The zero-order valence-corrected chi connectivity index (χ0v) is 12.6. The first-order valence-corrected chi connectivity index (χ1v) is 7.64. The maximum absolute atomic E-state index is 12.0. The van der Waals surface area contributed by atoms with Gasteiger partial charge in [0, 0.05) is 19.6 Å². The molecule has 2 aromatic rings. The quantitative estimate of drug-likeness (QED) is 0.912. The molecule has 2 heterocycles. The Hall–Kier alpha value is -2.08. The van der Waals surface area contributed by atoms with Gasteiger partial charge in [-0.1, -0.05) is 12.1 Å². The second-order valence-corrected chi connectivity index (χ2v) is 5.64. The number of nitrogens with one attached hydrogen (secondary N) is 1. The average Bonchev–Trinajstić information content (AvgIpc) is 3.12. The molecule has 3 rings (SSSR count). The van der Waals surface area contributed by atoms with E-state index in [1.165, 1.54) is 4.57 Å². The predicted octanol–water partition coefficient (Wildman–Crippen LogP) is 1.67. The molecule has 1 amide bonds. The van der Waals surface area contributed by atoms with Crippen molar-refractivity contribution in [3.05, 3.63) is 34.8 Å². The molecule has 1 fully saturated rings. The summed E-state index contributed by atoms with van der Waals surface area (Å²) in [6.45, 7) is 3.02. The average molecular weight is 304 g/mol. The number of amides is 1. The van der Waals surface area contributed by atoms with Crippen molar-refractivity contribution in [2.24, 2.45) is 0 Å². The zero-order chi connectivity index (χ0) is 15.5. The Kier molecular flexibility index (Phi) is 4.29. The molecule has 1 aromatic carbocycles. The van der Waals surface area contributed by atoms with Gasteiger partial charge in [0.15, 0.2) is 5.58 Å². The van der Waals surface area contributed by atoms with Gasteiger partial charge < -0.3 is 14.5 Å². The summed E-state index contributed by atoms with van der Waals surface area (Å²) in [6.07, 6.45) is 2.36. The summed E-state index contributed by atoms with van der Waals surface area (Å²) in [7, 11) is 0. The highest BCUT2D eigenvalue weighted by Crippen LogP contribution is 2.15. The van der Waals surface area contributed by atoms with Crippen LogP contribution in [-0.4, -0.2) is 29.2 Å². The Bertz CT molecular complexity index is 712. The molecule has 0 aliphatic carbocycles. The van der Waals surface area contributed by atoms with Gasteiger partial charge in [-0.25, -0.2) is 4.79 Å². The number of nitrogens with zero attached hydrogens (tertiary/aromatic N) is 1. The molecule has 0 radical (unpaired) electrons. The van der Waals surface area contributed by atoms with E-state index in [-0.39, 0.29) is 24.5 Å². The van der Waals surface area contributed by atoms with Crippen molar-refractivity contribution in [2.75, 3.05) is 6.61 Å². The van der Waals surface area contributed by atoms with Crippen LogP contribution in [0.15, 0.2) is 33.5 Å². The summed E-state index contributed by atoms with van der Waals surface area (Å²) in [5.74, 6) is -0.513. The highest BCUT2D eigenvalue weighted by molar-refractivity contribution is 5.77. The van der Waals surface area contributed by atoms with Crippen LogP contribution in [0.25, 0.3) is 11.1 Å². The summed E-state index contributed by atoms with van der Waals surface area (Å²) in [5, 5.41) is 2.94. The third-order valence-corrected chi connectivity index (χ3v) is 4.05. The number of hydrogen-bond acceptors (Lipinski definition) is 4. The van der Waals surface area contributed by atoms with Gasteiger partial charge in [0.25, 0.3) is 0 Å². The minimum atomic E-state index is -0.429. The van der Waals surface area contributed by atoms with Crippen LogP contribution in [0, 0.1) is 0 Å². The molecule has 22 heavy (non-hydrogen) atoms. The van der Waals surface area contributed by atoms with E-state index in [2.05, 4.69) is 5.32 Å². The van der Waals surface area contributed by atoms with Crippen LogP contribution in [0.3, 0.4) is 0 Å². The minimum absolute atomic E-state index is 0.00665. The lowest BCUT2D eigenvalue weighted by Gasteiger charge is -2.19. The van der Waals surface area contributed by atoms with Gasteiger partial charge in [0.05, 0.1) is 17.7 Å². The molecular weight excluding hydrogens is 284 g/mol. The first-order chi connectivity index (χ1) is 10.6. The van der Waals surface area contributed by atoms with Gasteiger partial charge in [0.2, 0.25) is 5.91 Å². The van der Waals surface area contributed by atoms with E-state index in [0.29, 0.717) is 17.6 Å². The number of oxazole rings is 1. The standard InChI is InChI=1S/C16H20N2O4/c1-11(13-7-4-10-21-13)17-15(19)8-9-18-12-5-2-3-6-14(12)22-16(18)20/h2-3,5-6,11,13H,4,7-10H2,1H3,(H,17,19). The molecule has 1 aromatic heterocycles. The molecule has 1 aliphatic heterocycles. The number of aryl methyl sites for hydroxylation is 1. The van der Waals surface area contributed by atoms with Crippen LogP contribution < -0.4 is 11.1 Å². The number of carbonyl (C=O) groups excluding carboxylic acids is 1. The molecule has 0 spiro atoms. The van der Waals surface area contributed by atoms with Crippen LogP contribution in [0.1, 0.15) is 26.2 Å². The van der Waals surface area contributed by atoms with E-state index in [4.69, 9.17) is 9.15 Å². The number of fused-ring (bicyclic) bond motifs is 1. The van der Waals surface area contributed by atoms with Gasteiger partial charge in [0.1, 0.15) is 0 Å². The summed E-state index contributed by atoms with van der Waals surface area (Å²) in [4.78, 5) is 23.9. The third kappa shape index (κ3) is 3.06. The lowest BCUT2D eigenvalue weighted by atomic mass is 10.1. The molecule has 0 saturated carbocycles. The second kappa shape index (κ2) is 6.36. The van der Waals surface area contributed by atoms with Gasteiger partial charge in [-0.05, 0) is 31.9 Å². The van der Waals surface area contributed by atoms with Crippen molar-refractivity contribution in [1.29, 1.82) is 0 Å². The van der Waals surface area contributed by atoms with Crippen molar-refractivity contribution < 1.29 is 13.9 Å². The van der Waals surface area contributed by atoms with Crippen molar-refractivity contribution in [1.82, 2.24) is 9.88 Å². The van der Waals surface area contributed by atoms with Crippen LogP contribution >= 0.6 is 0 Å². The minimum Gasteiger partial charge on any atom is -0.408 e. The fraction of sp³-hybridized carbons (Fsp3) is 0.500. The summed E-state index contributed by atoms with van der Waals surface area (Å²) >= 11 is 0. The Balaban J connectivity index is 1.60. The van der Waals surface area contributed by atoms with E-state index in [0.717, 1.165) is 19.4 Å². The normalized spacial score (nSPS) is 19.4. The topological polar surface area (TPSA) is 73.5 Å². The van der Waals surface area contributed by atoms with E-state index in [9.17, 15) is 9.59 Å². The van der Waals surface area contributed by atoms with Crippen LogP contribution in [0.4, 0.5) is 0 Å². The molecule has 2 atom stereocenters. The van der Waals surface area contributed by atoms with E-state index >= 15 is 0 Å². The Morgan fingerprint density at radius 1 is 1.45 bits per heavy atom. The molecule has 6 heteroatoms. The van der Waals surface area contributed by atoms with Gasteiger partial charge >= 0.3 is 5.76 Å². The molecular formula is C16H20N2O4. The number of carbonyl (C=O) groups is 1. The van der Waals surface area contributed by atoms with Crippen LogP contribution in [0.2, 0.25) is 0 Å². The largest absolute Gasteiger partial charge is 0.419 e. The SMILES string of the molecule is CC(NC(=O)CCn1c(=O)oc2ccccc21)C1CCCO1. The maximum Gasteiger partial charge on any atom is 0.419 e. The highest BCUT2D eigenvalue weighted by atomic mass is 16.5. The van der Waals surface area contributed by atoms with Crippen molar-refractivity contribution in [2.45, 2.75) is 44.9 Å². The lowest BCUT2D eigenvalue weighted by molar-refractivity contribution is -0.122. The fourth-order valence-corrected chi connectivity index (χ4v) is 2.86. The van der Waals surface area contributed by atoms with E-state index < -0.39 is 5.76 Å². The molecule has 6 nitrogen and oxygen atoms in total. The smallest absolute Gasteiger partial charge is 0.408 e. The number of para-hydroxylation sites is 2. The van der Waals surface area contributed by atoms with E-state index in [1.54, 1.807) is 6.07 Å². The van der Waals surface area contributed by atoms with Gasteiger partial charge in [-0.3, -0.25) is 9.36 Å². The van der Waals surface area contributed by atoms with Gasteiger partial charge in [-0.2, -0.15) is 0 Å². The highest BCUT2D eigenvalue weighted by Gasteiger charge is 2.23. The Morgan fingerprint density at radius 3 is 3.05 bits per heavy atom. The van der Waals surface area contributed by atoms with Crippen molar-refractivity contribution >= 4 is 17.0 Å². The Morgan fingerprint density at radius 2 is 2.27 bits per heavy atom. The summed E-state index contributed by atoms with van der Waals surface area (Å²) in [6, 6.07) is 7.20. The summed E-state index contributed by atoms with van der Waals surface area (Å²) in [5.41, 5.74) is 1.26. The third-order valence-electron chi connectivity index (χ3n) is 4.05. The number of ether oxygens (including phenoxy) is 1. The summed E-state index contributed by atoms with van der Waals surface area (Å²) < 4.78 is 12.2. The number of rotatable bonds is 5. The molecule has 118 valence electrons. The van der Waals surface area contributed by atoms with Gasteiger partial charge in [-0.15, -0.1) is 0 Å². The van der Waals surface area contributed by atoms with Crippen molar-refractivity contribution in [3.63, 3.8) is 0 Å². The molecule has 1 saturated heterocycles. The number of aromatic nitrogens is 1.